The number of aliphatic carboxylic acids is 1. The lowest BCUT2D eigenvalue weighted by molar-refractivity contribution is -0.134. The number of carboxylic acid groups (broad SMARTS) is 1. The summed E-state index contributed by atoms with van der Waals surface area (Å²) in [6.45, 7) is 8.10. The van der Waals surface area contributed by atoms with E-state index in [0.29, 0.717) is 18.6 Å². The van der Waals surface area contributed by atoms with E-state index in [1.165, 1.54) is 12.0 Å². The van der Waals surface area contributed by atoms with Gasteiger partial charge in [-0.15, -0.1) is 0 Å². The molecular weight excluding hydrogens is 320 g/mol. The zero-order chi connectivity index (χ0) is 18.0. The van der Waals surface area contributed by atoms with Crippen LogP contribution in [0.3, 0.4) is 0 Å². The number of hydrogen-bond donors (Lipinski definition) is 1. The molecule has 25 heavy (non-hydrogen) atoms. The molecule has 1 saturated carbocycles. The highest BCUT2D eigenvalue weighted by Crippen LogP contribution is 2.57. The van der Waals surface area contributed by atoms with Gasteiger partial charge < -0.3 is 14.7 Å². The Morgan fingerprint density at radius 3 is 2.76 bits per heavy atom. The summed E-state index contributed by atoms with van der Waals surface area (Å²) in [7, 11) is 0. The van der Waals surface area contributed by atoms with Gasteiger partial charge in [-0.1, -0.05) is 25.1 Å². The first kappa shape index (κ1) is 17.7. The van der Waals surface area contributed by atoms with Crippen LogP contribution in [0, 0.1) is 11.3 Å². The SMILES string of the molecule is CC(=O)O.CC12CC1CN(C(=O)CN1CCOc3ccccc3C1)C2. The minimum atomic E-state index is -0.833. The highest BCUT2D eigenvalue weighted by atomic mass is 16.5. The van der Waals surface area contributed by atoms with Crippen molar-refractivity contribution in [2.45, 2.75) is 26.8 Å². The highest BCUT2D eigenvalue weighted by Gasteiger charge is 2.57. The quantitative estimate of drug-likeness (QED) is 0.885. The standard InChI is InChI=1S/C17H22N2O2.C2H4O2/c1-17-8-14(17)10-19(12-17)16(20)11-18-6-7-21-15-5-3-2-4-13(15)9-18;1-2(3)4/h2-5,14H,6-12H2,1H3;1H3,(H,3,4). The van der Waals surface area contributed by atoms with Gasteiger partial charge in [-0.2, -0.15) is 0 Å². The number of rotatable bonds is 2. The second-order valence-electron chi connectivity index (χ2n) is 7.52. The van der Waals surface area contributed by atoms with Crippen LogP contribution >= 0.6 is 0 Å². The molecule has 2 aliphatic heterocycles. The molecule has 0 bridgehead atoms. The number of amides is 1. The van der Waals surface area contributed by atoms with Gasteiger partial charge in [-0.3, -0.25) is 14.5 Å². The van der Waals surface area contributed by atoms with Gasteiger partial charge in [0, 0.05) is 38.7 Å². The van der Waals surface area contributed by atoms with Crippen LogP contribution < -0.4 is 4.74 Å². The molecule has 1 N–H and O–H groups in total. The first-order valence-electron chi connectivity index (χ1n) is 8.78. The maximum absolute atomic E-state index is 12.5. The van der Waals surface area contributed by atoms with E-state index in [2.05, 4.69) is 22.8 Å². The van der Waals surface area contributed by atoms with Crippen molar-refractivity contribution in [2.24, 2.45) is 11.3 Å². The lowest BCUT2D eigenvalue weighted by Crippen LogP contribution is -2.41. The summed E-state index contributed by atoms with van der Waals surface area (Å²) in [5, 5.41) is 7.42. The lowest BCUT2D eigenvalue weighted by Gasteiger charge is -2.24. The van der Waals surface area contributed by atoms with Crippen LogP contribution in [0.15, 0.2) is 24.3 Å². The van der Waals surface area contributed by atoms with Crippen LogP contribution in [-0.4, -0.2) is 59.6 Å². The minimum Gasteiger partial charge on any atom is -0.492 e. The van der Waals surface area contributed by atoms with E-state index in [9.17, 15) is 4.79 Å². The molecule has 0 spiro atoms. The summed E-state index contributed by atoms with van der Waals surface area (Å²) in [4.78, 5) is 25.8. The van der Waals surface area contributed by atoms with Gasteiger partial charge in [-0.25, -0.2) is 0 Å². The number of piperidine rings is 1. The van der Waals surface area contributed by atoms with E-state index >= 15 is 0 Å². The molecular formula is C19H26N2O4. The molecule has 136 valence electrons. The van der Waals surface area contributed by atoms with Crippen molar-refractivity contribution in [1.29, 1.82) is 0 Å². The molecule has 0 radical (unpaired) electrons. The zero-order valence-corrected chi connectivity index (χ0v) is 14.9. The number of carbonyl (C=O) groups is 2. The fraction of sp³-hybridized carbons (Fsp3) is 0.579. The summed E-state index contributed by atoms with van der Waals surface area (Å²) < 4.78 is 5.76. The van der Waals surface area contributed by atoms with Crippen molar-refractivity contribution in [2.75, 3.05) is 32.8 Å². The molecule has 2 fully saturated rings. The number of benzene rings is 1. The van der Waals surface area contributed by atoms with Crippen LogP contribution in [0.5, 0.6) is 5.75 Å². The molecule has 2 atom stereocenters. The molecule has 1 aromatic rings. The van der Waals surface area contributed by atoms with Crippen molar-refractivity contribution in [3.63, 3.8) is 0 Å². The Morgan fingerprint density at radius 2 is 2.08 bits per heavy atom. The molecule has 1 amide bonds. The van der Waals surface area contributed by atoms with Gasteiger partial charge >= 0.3 is 0 Å². The first-order valence-corrected chi connectivity index (χ1v) is 8.78. The number of hydrogen-bond acceptors (Lipinski definition) is 4. The van der Waals surface area contributed by atoms with Crippen molar-refractivity contribution in [3.8, 4) is 5.75 Å². The Morgan fingerprint density at radius 1 is 1.36 bits per heavy atom. The monoisotopic (exact) mass is 346 g/mol. The van der Waals surface area contributed by atoms with E-state index in [1.807, 2.05) is 18.2 Å². The fourth-order valence-electron chi connectivity index (χ4n) is 3.75. The van der Waals surface area contributed by atoms with E-state index in [0.717, 1.165) is 44.8 Å². The van der Waals surface area contributed by atoms with E-state index in [1.54, 1.807) is 0 Å². The third-order valence-electron chi connectivity index (χ3n) is 5.27. The highest BCUT2D eigenvalue weighted by molar-refractivity contribution is 5.79. The summed E-state index contributed by atoms with van der Waals surface area (Å²) >= 11 is 0. The summed E-state index contributed by atoms with van der Waals surface area (Å²) in [6, 6.07) is 8.12. The van der Waals surface area contributed by atoms with Crippen molar-refractivity contribution >= 4 is 11.9 Å². The molecule has 3 aliphatic rings. The summed E-state index contributed by atoms with van der Waals surface area (Å²) in [6.07, 6.45) is 1.31. The Balaban J connectivity index is 0.000000415. The number of carbonyl (C=O) groups excluding carboxylic acids is 1. The van der Waals surface area contributed by atoms with Crippen LogP contribution in [0.4, 0.5) is 0 Å². The summed E-state index contributed by atoms with van der Waals surface area (Å²) in [5.41, 5.74) is 1.61. The van der Waals surface area contributed by atoms with E-state index in [-0.39, 0.29) is 5.91 Å². The zero-order valence-electron chi connectivity index (χ0n) is 14.9. The predicted molar refractivity (Wildman–Crippen MR) is 93.3 cm³/mol. The smallest absolute Gasteiger partial charge is 0.300 e. The van der Waals surface area contributed by atoms with Crippen LogP contribution in [0.1, 0.15) is 25.8 Å². The van der Waals surface area contributed by atoms with Gasteiger partial charge in [0.05, 0.1) is 6.54 Å². The Bertz CT molecular complexity index is 659. The molecule has 2 unspecified atom stereocenters. The number of ether oxygens (including phenoxy) is 1. The van der Waals surface area contributed by atoms with E-state index in [4.69, 9.17) is 14.6 Å². The third kappa shape index (κ3) is 4.31. The summed E-state index contributed by atoms with van der Waals surface area (Å²) in [5.74, 6) is 1.17. The topological polar surface area (TPSA) is 70.1 Å². The van der Waals surface area contributed by atoms with Crippen molar-refractivity contribution in [3.05, 3.63) is 29.8 Å². The maximum atomic E-state index is 12.5. The molecule has 6 nitrogen and oxygen atoms in total. The molecule has 2 heterocycles. The number of nitrogens with zero attached hydrogens (tertiary/aromatic N) is 2. The van der Waals surface area contributed by atoms with Crippen LogP contribution in [-0.2, 0) is 16.1 Å². The van der Waals surface area contributed by atoms with Crippen LogP contribution in [0.25, 0.3) is 0 Å². The average Bonchev–Trinajstić information content (AvgIpc) is 3.13. The number of carboxylic acids is 1. The first-order chi connectivity index (χ1) is 11.9. The normalized spacial score (nSPS) is 27.1. The van der Waals surface area contributed by atoms with Gasteiger partial charge in [-0.05, 0) is 23.8 Å². The van der Waals surface area contributed by atoms with Gasteiger partial charge in [0.15, 0.2) is 0 Å². The molecule has 1 aromatic carbocycles. The average molecular weight is 346 g/mol. The molecule has 0 aromatic heterocycles. The Labute approximate surface area is 148 Å². The van der Waals surface area contributed by atoms with Crippen molar-refractivity contribution in [1.82, 2.24) is 9.80 Å². The van der Waals surface area contributed by atoms with Crippen LogP contribution in [0.2, 0.25) is 0 Å². The second kappa shape index (κ2) is 7.04. The predicted octanol–water partition coefficient (Wildman–Crippen LogP) is 1.84. The molecule has 1 saturated heterocycles. The fourth-order valence-corrected chi connectivity index (χ4v) is 3.75. The minimum absolute atomic E-state index is 0.280. The number of likely N-dealkylation sites (tertiary alicyclic amines) is 1. The molecule has 1 aliphatic carbocycles. The largest absolute Gasteiger partial charge is 0.492 e. The maximum Gasteiger partial charge on any atom is 0.300 e. The Kier molecular flexibility index (Phi) is 4.99. The van der Waals surface area contributed by atoms with Gasteiger partial charge in [0.25, 0.3) is 5.97 Å². The number of fused-ring (bicyclic) bond motifs is 2. The molecule has 6 heteroatoms. The second-order valence-corrected chi connectivity index (χ2v) is 7.52. The van der Waals surface area contributed by atoms with Crippen molar-refractivity contribution < 1.29 is 19.4 Å². The van der Waals surface area contributed by atoms with E-state index < -0.39 is 5.97 Å². The molecule has 4 rings (SSSR count). The lowest BCUT2D eigenvalue weighted by atomic mass is 10.1. The Hall–Kier alpha value is -2.08. The van der Waals surface area contributed by atoms with Gasteiger partial charge in [0.1, 0.15) is 12.4 Å². The van der Waals surface area contributed by atoms with Gasteiger partial charge in [0.2, 0.25) is 5.91 Å². The third-order valence-corrected chi connectivity index (χ3v) is 5.27. The number of para-hydroxylation sites is 1.